The molecule has 1 aromatic heterocycles. The smallest absolute Gasteiger partial charge is 0.246 e. The van der Waals surface area contributed by atoms with Gasteiger partial charge >= 0.3 is 0 Å². The van der Waals surface area contributed by atoms with E-state index in [9.17, 15) is 4.79 Å². The van der Waals surface area contributed by atoms with Gasteiger partial charge < -0.3 is 19.1 Å². The third-order valence-corrected chi connectivity index (χ3v) is 9.84. The van der Waals surface area contributed by atoms with E-state index in [2.05, 4.69) is 91.3 Å². The van der Waals surface area contributed by atoms with Gasteiger partial charge in [0.2, 0.25) is 11.8 Å². The summed E-state index contributed by atoms with van der Waals surface area (Å²) in [7, 11) is 0. The molecule has 6 rings (SSSR count). The summed E-state index contributed by atoms with van der Waals surface area (Å²) in [5.41, 5.74) is 7.83. The first-order valence-electron chi connectivity index (χ1n) is 18.3. The van der Waals surface area contributed by atoms with Gasteiger partial charge in [-0.25, -0.2) is 4.98 Å². The first-order chi connectivity index (χ1) is 25.7. The molecular formula is C45H49Cl2N3O4. The molecule has 5 aromatic rings. The van der Waals surface area contributed by atoms with Gasteiger partial charge in [-0.05, 0) is 95.1 Å². The predicted molar refractivity (Wildman–Crippen MR) is 220 cm³/mol. The van der Waals surface area contributed by atoms with E-state index >= 15 is 0 Å². The molecule has 1 aliphatic heterocycles. The summed E-state index contributed by atoms with van der Waals surface area (Å²) in [6, 6.07) is 32.6. The summed E-state index contributed by atoms with van der Waals surface area (Å²) in [4.78, 5) is 21.8. The summed E-state index contributed by atoms with van der Waals surface area (Å²) in [5.74, 6) is 3.02. The highest BCUT2D eigenvalue weighted by molar-refractivity contribution is 6.32. The number of halogens is 2. The van der Waals surface area contributed by atoms with Crippen molar-refractivity contribution in [3.8, 4) is 23.1 Å². The lowest BCUT2D eigenvalue weighted by Crippen LogP contribution is -2.47. The fourth-order valence-corrected chi connectivity index (χ4v) is 6.55. The molecule has 0 atom stereocenters. The average Bonchev–Trinajstić information content (AvgIpc) is 3.16. The van der Waals surface area contributed by atoms with Gasteiger partial charge in [-0.2, -0.15) is 0 Å². The van der Waals surface area contributed by atoms with Gasteiger partial charge in [0.15, 0.2) is 5.75 Å². The van der Waals surface area contributed by atoms with Crippen molar-refractivity contribution in [2.24, 2.45) is 0 Å². The molecule has 9 heteroatoms. The Bertz CT molecular complexity index is 1970. The minimum absolute atomic E-state index is 0. The number of piperazine rings is 1. The molecule has 0 N–H and O–H groups in total. The van der Waals surface area contributed by atoms with Crippen molar-refractivity contribution in [1.29, 1.82) is 0 Å². The molecule has 54 heavy (non-hydrogen) atoms. The molecule has 0 spiro atoms. The second-order valence-electron chi connectivity index (χ2n) is 13.9. The van der Waals surface area contributed by atoms with E-state index in [1.165, 1.54) is 22.3 Å². The van der Waals surface area contributed by atoms with E-state index in [0.717, 1.165) is 48.5 Å². The number of carbonyl (C=O) groups excluding carboxylic acids is 1. The van der Waals surface area contributed by atoms with Crippen molar-refractivity contribution in [1.82, 2.24) is 14.8 Å². The summed E-state index contributed by atoms with van der Waals surface area (Å²) in [6.45, 7) is 13.4. The van der Waals surface area contributed by atoms with Gasteiger partial charge in [-0.3, -0.25) is 9.69 Å². The number of hydrogen-bond donors (Lipinski definition) is 0. The SMILES string of the molecule is Cc1ccccc1COc1ccc(Oc2c(C)cc(/C=C/C(=O)N3CCN(Cc4ccc(CCOc5ccc(C(C)C)cc5)cc4)CC3)cc2Cl)nc1.Cl. The monoisotopic (exact) mass is 765 g/mol. The van der Waals surface area contributed by atoms with E-state index in [-0.39, 0.29) is 18.3 Å². The van der Waals surface area contributed by atoms with E-state index < -0.39 is 0 Å². The van der Waals surface area contributed by atoms with Crippen LogP contribution in [0.3, 0.4) is 0 Å². The van der Waals surface area contributed by atoms with Crippen molar-refractivity contribution in [2.45, 2.75) is 53.2 Å². The fraction of sp³-hybridized carbons (Fsp3) is 0.289. The summed E-state index contributed by atoms with van der Waals surface area (Å²) in [6.07, 6.45) is 5.94. The number of carbonyl (C=O) groups is 1. The Morgan fingerprint density at radius 1 is 0.833 bits per heavy atom. The second-order valence-corrected chi connectivity index (χ2v) is 14.3. The molecule has 0 bridgehead atoms. The van der Waals surface area contributed by atoms with Crippen LogP contribution in [-0.4, -0.2) is 53.5 Å². The topological polar surface area (TPSA) is 64.1 Å². The Morgan fingerprint density at radius 2 is 1.54 bits per heavy atom. The Hall–Kier alpha value is -4.82. The normalized spacial score (nSPS) is 13.2. The number of nitrogens with zero attached hydrogens (tertiary/aromatic N) is 3. The molecule has 1 amide bonds. The predicted octanol–water partition coefficient (Wildman–Crippen LogP) is 10.2. The maximum Gasteiger partial charge on any atom is 0.246 e. The van der Waals surface area contributed by atoms with Gasteiger partial charge in [0.05, 0.1) is 17.8 Å². The number of aromatic nitrogens is 1. The van der Waals surface area contributed by atoms with Crippen LogP contribution >= 0.6 is 24.0 Å². The minimum atomic E-state index is -0.00452. The lowest BCUT2D eigenvalue weighted by Gasteiger charge is -2.34. The van der Waals surface area contributed by atoms with Crippen LogP contribution in [0.1, 0.15) is 58.7 Å². The first kappa shape index (κ1) is 40.4. The second kappa shape index (κ2) is 19.5. The van der Waals surface area contributed by atoms with Crippen molar-refractivity contribution in [2.75, 3.05) is 32.8 Å². The van der Waals surface area contributed by atoms with Crippen molar-refractivity contribution >= 4 is 36.0 Å². The molecule has 1 fully saturated rings. The average molecular weight is 767 g/mol. The number of amides is 1. The summed E-state index contributed by atoms with van der Waals surface area (Å²) >= 11 is 6.64. The van der Waals surface area contributed by atoms with Crippen molar-refractivity contribution < 1.29 is 19.0 Å². The van der Waals surface area contributed by atoms with Crippen LogP contribution in [0, 0.1) is 13.8 Å². The number of benzene rings is 4. The van der Waals surface area contributed by atoms with E-state index in [4.69, 9.17) is 25.8 Å². The minimum Gasteiger partial charge on any atom is -0.493 e. The molecule has 1 aliphatic rings. The summed E-state index contributed by atoms with van der Waals surface area (Å²) < 4.78 is 17.9. The zero-order chi connectivity index (χ0) is 37.2. The highest BCUT2D eigenvalue weighted by Gasteiger charge is 2.20. The van der Waals surface area contributed by atoms with Gasteiger partial charge in [-0.15, -0.1) is 12.4 Å². The van der Waals surface area contributed by atoms with Crippen LogP contribution in [0.5, 0.6) is 23.1 Å². The Kier molecular flexibility index (Phi) is 14.6. The molecular weight excluding hydrogens is 717 g/mol. The van der Waals surface area contributed by atoms with E-state index in [1.807, 2.05) is 42.2 Å². The van der Waals surface area contributed by atoms with Crippen LogP contribution in [-0.2, 0) is 24.4 Å². The molecule has 4 aromatic carbocycles. The molecule has 1 saturated heterocycles. The lowest BCUT2D eigenvalue weighted by atomic mass is 10.0. The number of pyridine rings is 1. The highest BCUT2D eigenvalue weighted by Crippen LogP contribution is 2.34. The zero-order valence-corrected chi connectivity index (χ0v) is 33.0. The number of rotatable bonds is 14. The Balaban J connectivity index is 0.00000561. The molecule has 282 valence electrons. The quantitative estimate of drug-likeness (QED) is 0.105. The highest BCUT2D eigenvalue weighted by atomic mass is 35.5. The molecule has 0 saturated carbocycles. The molecule has 0 aliphatic carbocycles. The van der Waals surface area contributed by atoms with Crippen molar-refractivity contribution in [3.05, 3.63) is 153 Å². The van der Waals surface area contributed by atoms with Crippen LogP contribution in [0.2, 0.25) is 5.02 Å². The van der Waals surface area contributed by atoms with Crippen LogP contribution in [0.25, 0.3) is 6.08 Å². The lowest BCUT2D eigenvalue weighted by molar-refractivity contribution is -0.127. The van der Waals surface area contributed by atoms with E-state index in [1.54, 1.807) is 24.4 Å². The standard InChI is InChI=1S/C45H48ClN3O4.ClH/c1-32(2)38-14-16-40(17-15-38)51-26-21-35-9-11-36(12-10-35)30-48-22-24-49(25-23-48)44(50)20-13-37-27-34(4)45(42(46)28-37)53-43-19-18-41(29-47-43)52-31-39-8-6-5-7-33(39)3;/h5-20,27-29,32H,21-26,30-31H2,1-4H3;1H/b20-13+;. The maximum absolute atomic E-state index is 13.1. The third kappa shape index (κ3) is 11.3. The maximum atomic E-state index is 13.1. The number of aryl methyl sites for hydroxylation is 2. The zero-order valence-electron chi connectivity index (χ0n) is 31.5. The van der Waals surface area contributed by atoms with Gasteiger partial charge in [-0.1, -0.05) is 86.1 Å². The van der Waals surface area contributed by atoms with Gasteiger partial charge in [0.25, 0.3) is 0 Å². The van der Waals surface area contributed by atoms with Crippen LogP contribution in [0.15, 0.2) is 109 Å². The number of ether oxygens (including phenoxy) is 3. The van der Waals surface area contributed by atoms with Gasteiger partial charge in [0.1, 0.15) is 18.1 Å². The number of hydrogen-bond acceptors (Lipinski definition) is 6. The fourth-order valence-electron chi connectivity index (χ4n) is 6.24. The first-order valence-corrected chi connectivity index (χ1v) is 18.7. The van der Waals surface area contributed by atoms with Gasteiger partial charge in [0, 0.05) is 51.3 Å². The molecule has 0 radical (unpaired) electrons. The van der Waals surface area contributed by atoms with Crippen molar-refractivity contribution in [3.63, 3.8) is 0 Å². The Labute approximate surface area is 331 Å². The summed E-state index contributed by atoms with van der Waals surface area (Å²) in [5, 5.41) is 0.445. The molecule has 0 unspecified atom stereocenters. The van der Waals surface area contributed by atoms with E-state index in [0.29, 0.717) is 54.6 Å². The molecule has 2 heterocycles. The van der Waals surface area contributed by atoms with Crippen LogP contribution in [0.4, 0.5) is 0 Å². The third-order valence-electron chi connectivity index (χ3n) is 9.56. The largest absolute Gasteiger partial charge is 0.493 e. The Morgan fingerprint density at radius 3 is 2.20 bits per heavy atom. The molecule has 7 nitrogen and oxygen atoms in total. The van der Waals surface area contributed by atoms with Crippen LogP contribution < -0.4 is 14.2 Å².